The molecule has 2 aromatic heterocycles. The number of nitrogens with zero attached hydrogens (tertiary/aromatic N) is 4. The lowest BCUT2D eigenvalue weighted by Gasteiger charge is -2.36. The summed E-state index contributed by atoms with van der Waals surface area (Å²) in [4.78, 5) is 37.8. The number of benzene rings is 2. The highest BCUT2D eigenvalue weighted by Crippen LogP contribution is 2.28. The quantitative estimate of drug-likeness (QED) is 0.322. The van der Waals surface area contributed by atoms with Crippen LogP contribution in [0.4, 0.5) is 5.69 Å². The molecule has 1 saturated heterocycles. The maximum atomic E-state index is 13.4. The molecule has 1 aliphatic rings. The third-order valence-electron chi connectivity index (χ3n) is 7.17. The molecule has 194 valence electrons. The van der Waals surface area contributed by atoms with E-state index in [2.05, 4.69) is 22.9 Å². The normalized spacial score (nSPS) is 13.6. The fraction of sp³-hybridized carbons (Fsp3) is 0.290. The van der Waals surface area contributed by atoms with Crippen LogP contribution in [-0.2, 0) is 11.2 Å². The molecule has 1 N–H and O–H groups in total. The zero-order valence-electron chi connectivity index (χ0n) is 21.6. The van der Waals surface area contributed by atoms with Gasteiger partial charge in [0.25, 0.3) is 5.91 Å². The Kier molecular flexibility index (Phi) is 7.63. The van der Waals surface area contributed by atoms with E-state index in [1.54, 1.807) is 0 Å². The smallest absolute Gasteiger partial charge is 0.303 e. The van der Waals surface area contributed by atoms with Crippen molar-refractivity contribution >= 4 is 28.5 Å². The highest BCUT2D eigenvalue weighted by molar-refractivity contribution is 5.98. The Morgan fingerprint density at radius 2 is 1.74 bits per heavy atom. The number of hydrogen-bond donors (Lipinski definition) is 1. The van der Waals surface area contributed by atoms with Gasteiger partial charge in [0.2, 0.25) is 0 Å². The van der Waals surface area contributed by atoms with Crippen molar-refractivity contribution in [2.24, 2.45) is 0 Å². The summed E-state index contributed by atoms with van der Waals surface area (Å²) in [7, 11) is 0. The number of aromatic nitrogens is 2. The molecule has 0 unspecified atom stereocenters. The first kappa shape index (κ1) is 25.4. The van der Waals surface area contributed by atoms with E-state index in [1.807, 2.05) is 71.9 Å². The van der Waals surface area contributed by atoms with Crippen LogP contribution in [0.25, 0.3) is 22.2 Å². The molecule has 4 aromatic rings. The maximum absolute atomic E-state index is 13.4. The minimum absolute atomic E-state index is 0.0353. The molecule has 1 aliphatic heterocycles. The molecule has 5 rings (SSSR count). The van der Waals surface area contributed by atoms with Crippen molar-refractivity contribution < 1.29 is 14.7 Å². The number of carboxylic acid groups (broad SMARTS) is 1. The molecule has 7 nitrogen and oxygen atoms in total. The lowest BCUT2D eigenvalue weighted by Crippen LogP contribution is -2.49. The predicted octanol–water partition coefficient (Wildman–Crippen LogP) is 5.37. The van der Waals surface area contributed by atoms with Crippen molar-refractivity contribution in [1.29, 1.82) is 0 Å². The summed E-state index contributed by atoms with van der Waals surface area (Å²) < 4.78 is 0. The van der Waals surface area contributed by atoms with Gasteiger partial charge in [-0.25, -0.2) is 4.98 Å². The lowest BCUT2D eigenvalue weighted by molar-refractivity contribution is -0.137. The number of unbranched alkanes of at least 4 members (excludes halogenated alkanes) is 1. The van der Waals surface area contributed by atoms with E-state index in [0.717, 1.165) is 59.2 Å². The third kappa shape index (κ3) is 5.67. The van der Waals surface area contributed by atoms with E-state index < -0.39 is 5.97 Å². The van der Waals surface area contributed by atoms with Gasteiger partial charge in [0, 0.05) is 67.2 Å². The molecular formula is C31H32N4O3. The molecule has 1 fully saturated rings. The number of rotatable bonds is 8. The summed E-state index contributed by atoms with van der Waals surface area (Å²) in [5.41, 5.74) is 6.84. The number of carbonyl (C=O) groups is 2. The Balaban J connectivity index is 1.36. The van der Waals surface area contributed by atoms with Gasteiger partial charge in [-0.3, -0.25) is 14.6 Å². The van der Waals surface area contributed by atoms with Gasteiger partial charge in [0.05, 0.1) is 11.2 Å². The van der Waals surface area contributed by atoms with E-state index in [-0.39, 0.29) is 12.3 Å². The Labute approximate surface area is 222 Å². The van der Waals surface area contributed by atoms with Gasteiger partial charge in [-0.15, -0.1) is 0 Å². The second-order valence-electron chi connectivity index (χ2n) is 9.81. The standard InChI is InChI=1S/C31H32N4O3/c1-22-21-32-14-13-28(22)34-15-17-35(18-16-34)31(38)25-11-12-27-26(20-25)19-24(9-5-6-10-29(36)37)30(33-27)23-7-3-2-4-8-23/h2-4,7-8,11-14,19-21H,5-6,9-10,15-18H2,1H3,(H,36,37). The minimum Gasteiger partial charge on any atom is -0.481 e. The maximum Gasteiger partial charge on any atom is 0.303 e. The van der Waals surface area contributed by atoms with E-state index in [0.29, 0.717) is 25.1 Å². The Morgan fingerprint density at radius 3 is 2.47 bits per heavy atom. The first-order chi connectivity index (χ1) is 18.5. The van der Waals surface area contributed by atoms with Crippen LogP contribution in [0.1, 0.15) is 40.7 Å². The fourth-order valence-electron chi connectivity index (χ4n) is 5.14. The largest absolute Gasteiger partial charge is 0.481 e. The number of anilines is 1. The summed E-state index contributed by atoms with van der Waals surface area (Å²) in [6, 6.07) is 19.9. The van der Waals surface area contributed by atoms with Crippen molar-refractivity contribution in [1.82, 2.24) is 14.9 Å². The molecule has 1 amide bonds. The number of amides is 1. The molecule has 3 heterocycles. The summed E-state index contributed by atoms with van der Waals surface area (Å²) in [6.45, 7) is 4.96. The zero-order chi connectivity index (χ0) is 26.5. The molecule has 7 heteroatoms. The number of fused-ring (bicyclic) bond motifs is 1. The highest BCUT2D eigenvalue weighted by atomic mass is 16.4. The second-order valence-corrected chi connectivity index (χ2v) is 9.81. The number of hydrogen-bond acceptors (Lipinski definition) is 5. The summed E-state index contributed by atoms with van der Waals surface area (Å²) >= 11 is 0. The van der Waals surface area contributed by atoms with Gasteiger partial charge in [0.1, 0.15) is 0 Å². The average Bonchev–Trinajstić information content (AvgIpc) is 2.95. The van der Waals surface area contributed by atoms with Crippen LogP contribution >= 0.6 is 0 Å². The van der Waals surface area contributed by atoms with Gasteiger partial charge < -0.3 is 14.9 Å². The third-order valence-corrected chi connectivity index (χ3v) is 7.17. The molecule has 2 aromatic carbocycles. The first-order valence-corrected chi connectivity index (χ1v) is 13.2. The fourth-order valence-corrected chi connectivity index (χ4v) is 5.14. The van der Waals surface area contributed by atoms with Crippen LogP contribution in [0.3, 0.4) is 0 Å². The van der Waals surface area contributed by atoms with Gasteiger partial charge >= 0.3 is 5.97 Å². The molecule has 0 saturated carbocycles. The van der Waals surface area contributed by atoms with Crippen molar-refractivity contribution in [2.45, 2.75) is 32.6 Å². The van der Waals surface area contributed by atoms with Gasteiger partial charge in [-0.2, -0.15) is 0 Å². The molecule has 0 aliphatic carbocycles. The van der Waals surface area contributed by atoms with Crippen molar-refractivity contribution in [3.63, 3.8) is 0 Å². The monoisotopic (exact) mass is 508 g/mol. The van der Waals surface area contributed by atoms with Gasteiger partial charge in [0.15, 0.2) is 0 Å². The van der Waals surface area contributed by atoms with Crippen LogP contribution in [0.15, 0.2) is 73.1 Å². The summed E-state index contributed by atoms with van der Waals surface area (Å²) in [5, 5.41) is 9.93. The van der Waals surface area contributed by atoms with Gasteiger partial charge in [-0.1, -0.05) is 30.3 Å². The van der Waals surface area contributed by atoms with Crippen LogP contribution < -0.4 is 4.90 Å². The number of carboxylic acids is 1. The molecule has 0 spiro atoms. The van der Waals surface area contributed by atoms with Crippen molar-refractivity contribution in [3.05, 3.63) is 89.7 Å². The second kappa shape index (κ2) is 11.4. The highest BCUT2D eigenvalue weighted by Gasteiger charge is 2.23. The number of carbonyl (C=O) groups excluding carboxylic acids is 1. The molecule has 38 heavy (non-hydrogen) atoms. The average molecular weight is 509 g/mol. The number of aryl methyl sites for hydroxylation is 2. The first-order valence-electron chi connectivity index (χ1n) is 13.2. The summed E-state index contributed by atoms with van der Waals surface area (Å²) in [5.74, 6) is -0.738. The minimum atomic E-state index is -0.773. The SMILES string of the molecule is Cc1cnccc1N1CCN(C(=O)c2ccc3nc(-c4ccccc4)c(CCCCC(=O)O)cc3c2)CC1. The predicted molar refractivity (Wildman–Crippen MR) is 149 cm³/mol. The van der Waals surface area contributed by atoms with Crippen LogP contribution in [0.5, 0.6) is 0 Å². The van der Waals surface area contributed by atoms with E-state index in [4.69, 9.17) is 10.1 Å². The Morgan fingerprint density at radius 1 is 0.947 bits per heavy atom. The summed E-state index contributed by atoms with van der Waals surface area (Å²) in [6.07, 6.45) is 5.96. The Bertz CT molecular complexity index is 1450. The number of pyridine rings is 2. The molecule has 0 radical (unpaired) electrons. The number of piperazine rings is 1. The van der Waals surface area contributed by atoms with Gasteiger partial charge in [-0.05, 0) is 67.6 Å². The van der Waals surface area contributed by atoms with Crippen LogP contribution in [-0.4, -0.2) is 58.0 Å². The zero-order valence-corrected chi connectivity index (χ0v) is 21.6. The number of aliphatic carboxylic acids is 1. The van der Waals surface area contributed by atoms with Crippen molar-refractivity contribution in [2.75, 3.05) is 31.1 Å². The van der Waals surface area contributed by atoms with E-state index >= 15 is 0 Å². The van der Waals surface area contributed by atoms with Crippen molar-refractivity contribution in [3.8, 4) is 11.3 Å². The van der Waals surface area contributed by atoms with E-state index in [9.17, 15) is 9.59 Å². The van der Waals surface area contributed by atoms with Crippen LogP contribution in [0.2, 0.25) is 0 Å². The molecular weight excluding hydrogens is 476 g/mol. The lowest BCUT2D eigenvalue weighted by atomic mass is 9.98. The van der Waals surface area contributed by atoms with Crippen LogP contribution in [0, 0.1) is 6.92 Å². The topological polar surface area (TPSA) is 86.6 Å². The molecule has 0 atom stereocenters. The Hall–Kier alpha value is -4.26. The van der Waals surface area contributed by atoms with E-state index in [1.165, 1.54) is 5.69 Å². The molecule has 0 bridgehead atoms.